The van der Waals surface area contributed by atoms with Crippen LogP contribution in [0, 0.1) is 16.0 Å². The standard InChI is InChI=1S/C11H13N3O2/c15-14(16)11-3-1-10(2-4-11)13-8-9-5-6-12(13)7-9/h1-4,9H,5-8H2. The van der Waals surface area contributed by atoms with Gasteiger partial charge in [-0.3, -0.25) is 10.1 Å². The molecule has 16 heavy (non-hydrogen) atoms. The second-order valence-electron chi connectivity index (χ2n) is 4.42. The van der Waals surface area contributed by atoms with E-state index in [4.69, 9.17) is 0 Å². The summed E-state index contributed by atoms with van der Waals surface area (Å²) in [6, 6.07) is 6.81. The third-order valence-electron chi connectivity index (χ3n) is 3.40. The Kier molecular flexibility index (Phi) is 2.07. The highest BCUT2D eigenvalue weighted by molar-refractivity contribution is 5.51. The smallest absolute Gasteiger partial charge is 0.269 e. The number of hydrogen-bond donors (Lipinski definition) is 0. The molecule has 5 nitrogen and oxygen atoms in total. The first-order chi connectivity index (χ1) is 7.74. The van der Waals surface area contributed by atoms with Crippen LogP contribution < -0.4 is 5.01 Å². The van der Waals surface area contributed by atoms with Crippen LogP contribution in [-0.4, -0.2) is 29.6 Å². The molecule has 2 fully saturated rings. The molecule has 2 atom stereocenters. The third-order valence-corrected chi connectivity index (χ3v) is 3.40. The summed E-state index contributed by atoms with van der Waals surface area (Å²) in [7, 11) is 0. The van der Waals surface area contributed by atoms with Gasteiger partial charge >= 0.3 is 0 Å². The van der Waals surface area contributed by atoms with Gasteiger partial charge in [0.15, 0.2) is 0 Å². The van der Waals surface area contributed by atoms with E-state index in [1.54, 1.807) is 12.1 Å². The lowest BCUT2D eigenvalue weighted by molar-refractivity contribution is -0.384. The van der Waals surface area contributed by atoms with Gasteiger partial charge in [-0.1, -0.05) is 0 Å². The van der Waals surface area contributed by atoms with Crippen molar-refractivity contribution < 1.29 is 4.92 Å². The molecule has 1 aromatic rings. The molecule has 5 heteroatoms. The van der Waals surface area contributed by atoms with E-state index in [9.17, 15) is 10.1 Å². The summed E-state index contributed by atoms with van der Waals surface area (Å²) < 4.78 is 0. The average molecular weight is 219 g/mol. The molecule has 0 spiro atoms. The Hall–Kier alpha value is -1.62. The monoisotopic (exact) mass is 219 g/mol. The van der Waals surface area contributed by atoms with Crippen LogP contribution in [0.1, 0.15) is 6.42 Å². The Morgan fingerprint density at radius 2 is 2.00 bits per heavy atom. The second-order valence-corrected chi connectivity index (χ2v) is 4.42. The Balaban J connectivity index is 1.82. The van der Waals surface area contributed by atoms with Gasteiger partial charge in [0.1, 0.15) is 0 Å². The van der Waals surface area contributed by atoms with Gasteiger partial charge in [-0.15, -0.1) is 0 Å². The van der Waals surface area contributed by atoms with Gasteiger partial charge in [-0.05, 0) is 24.5 Å². The van der Waals surface area contributed by atoms with Gasteiger partial charge in [0, 0.05) is 31.8 Å². The van der Waals surface area contributed by atoms with Crippen molar-refractivity contribution in [3.05, 3.63) is 34.4 Å². The van der Waals surface area contributed by atoms with Gasteiger partial charge in [0.25, 0.3) is 5.69 Å². The van der Waals surface area contributed by atoms with Gasteiger partial charge in [0.05, 0.1) is 10.6 Å². The molecule has 0 aliphatic carbocycles. The number of nitrogens with zero attached hydrogens (tertiary/aromatic N) is 3. The molecule has 0 N–H and O–H groups in total. The molecular weight excluding hydrogens is 206 g/mol. The van der Waals surface area contributed by atoms with Crippen molar-refractivity contribution in [1.29, 1.82) is 0 Å². The Labute approximate surface area is 93.4 Å². The van der Waals surface area contributed by atoms with Crippen LogP contribution in [0.3, 0.4) is 0 Å². The topological polar surface area (TPSA) is 49.6 Å². The van der Waals surface area contributed by atoms with Crippen LogP contribution in [0.25, 0.3) is 0 Å². The van der Waals surface area contributed by atoms with Gasteiger partial charge in [-0.25, -0.2) is 5.01 Å². The lowest BCUT2D eigenvalue weighted by atomic mass is 10.1. The summed E-state index contributed by atoms with van der Waals surface area (Å²) in [5.41, 5.74) is 1.22. The van der Waals surface area contributed by atoms with E-state index in [1.807, 2.05) is 12.1 Å². The molecule has 2 heterocycles. The summed E-state index contributed by atoms with van der Waals surface area (Å²) in [4.78, 5) is 10.2. The molecule has 0 saturated carbocycles. The van der Waals surface area contributed by atoms with Crippen molar-refractivity contribution in [2.45, 2.75) is 6.42 Å². The number of benzene rings is 1. The lowest BCUT2D eigenvalue weighted by Gasteiger charge is -2.30. The van der Waals surface area contributed by atoms with E-state index >= 15 is 0 Å². The number of hydrogen-bond acceptors (Lipinski definition) is 4. The molecule has 2 aliphatic rings. The van der Waals surface area contributed by atoms with Crippen LogP contribution in [-0.2, 0) is 0 Å². The maximum atomic E-state index is 10.5. The quantitative estimate of drug-likeness (QED) is 0.560. The van der Waals surface area contributed by atoms with Crippen LogP contribution in [0.2, 0.25) is 0 Å². The van der Waals surface area contributed by atoms with E-state index in [2.05, 4.69) is 10.0 Å². The van der Waals surface area contributed by atoms with Crippen LogP contribution in [0.5, 0.6) is 0 Å². The molecule has 0 aromatic heterocycles. The zero-order chi connectivity index (χ0) is 11.1. The van der Waals surface area contributed by atoms with E-state index in [1.165, 1.54) is 6.42 Å². The van der Waals surface area contributed by atoms with Gasteiger partial charge in [-0.2, -0.15) is 0 Å². The molecule has 0 amide bonds. The summed E-state index contributed by atoms with van der Waals surface area (Å²) in [6.07, 6.45) is 1.28. The van der Waals surface area contributed by atoms with Crippen molar-refractivity contribution in [3.8, 4) is 0 Å². The van der Waals surface area contributed by atoms with Crippen molar-refractivity contribution in [2.24, 2.45) is 5.92 Å². The Morgan fingerprint density at radius 1 is 1.25 bits per heavy atom. The lowest BCUT2D eigenvalue weighted by Crippen LogP contribution is -2.38. The second kappa shape index (κ2) is 3.45. The van der Waals surface area contributed by atoms with E-state index < -0.39 is 0 Å². The van der Waals surface area contributed by atoms with Crippen molar-refractivity contribution >= 4 is 11.4 Å². The Bertz CT molecular complexity index is 418. The summed E-state index contributed by atoms with van der Waals surface area (Å²) in [5, 5.41) is 15.1. The first-order valence-corrected chi connectivity index (χ1v) is 5.51. The number of nitro groups is 1. The molecule has 1 aromatic carbocycles. The predicted molar refractivity (Wildman–Crippen MR) is 60.1 cm³/mol. The van der Waals surface area contributed by atoms with Gasteiger partial charge in [0.2, 0.25) is 0 Å². The predicted octanol–water partition coefficient (Wildman–Crippen LogP) is 1.65. The fourth-order valence-electron chi connectivity index (χ4n) is 2.56. The van der Waals surface area contributed by atoms with Crippen molar-refractivity contribution in [1.82, 2.24) is 5.01 Å². The molecular formula is C11H13N3O2. The molecule has 2 aliphatic heterocycles. The summed E-state index contributed by atoms with van der Waals surface area (Å²) in [5.74, 6) is 0.773. The largest absolute Gasteiger partial charge is 0.305 e. The van der Waals surface area contributed by atoms with Crippen LogP contribution in [0.4, 0.5) is 11.4 Å². The van der Waals surface area contributed by atoms with Gasteiger partial charge < -0.3 is 5.01 Å². The molecule has 0 radical (unpaired) electrons. The number of non-ortho nitro benzene ring substituents is 1. The summed E-state index contributed by atoms with van der Waals surface area (Å²) >= 11 is 0. The fraction of sp³-hybridized carbons (Fsp3) is 0.455. The van der Waals surface area contributed by atoms with Crippen molar-refractivity contribution in [2.75, 3.05) is 24.6 Å². The zero-order valence-electron chi connectivity index (χ0n) is 8.87. The highest BCUT2D eigenvalue weighted by atomic mass is 16.6. The van der Waals surface area contributed by atoms with Crippen LogP contribution >= 0.6 is 0 Å². The minimum atomic E-state index is -0.361. The highest BCUT2D eigenvalue weighted by Gasteiger charge is 2.35. The zero-order valence-corrected chi connectivity index (χ0v) is 8.87. The van der Waals surface area contributed by atoms with Crippen molar-refractivity contribution in [3.63, 3.8) is 0 Å². The maximum absolute atomic E-state index is 10.5. The highest BCUT2D eigenvalue weighted by Crippen LogP contribution is 2.32. The molecule has 2 unspecified atom stereocenters. The number of fused-ring (bicyclic) bond motifs is 2. The molecule has 3 rings (SSSR count). The fourth-order valence-corrected chi connectivity index (χ4v) is 2.56. The minimum absolute atomic E-state index is 0.156. The minimum Gasteiger partial charge on any atom is -0.305 e. The van der Waals surface area contributed by atoms with Crippen LogP contribution in [0.15, 0.2) is 24.3 Å². The SMILES string of the molecule is O=[N+]([O-])c1ccc(N2CC3CCN2C3)cc1. The normalized spacial score (nSPS) is 27.4. The number of nitro benzene ring substituents is 1. The van der Waals surface area contributed by atoms with E-state index in [-0.39, 0.29) is 10.6 Å². The molecule has 2 saturated heterocycles. The number of rotatable bonds is 2. The van der Waals surface area contributed by atoms with E-state index in [0.29, 0.717) is 0 Å². The molecule has 2 bridgehead atoms. The number of anilines is 1. The summed E-state index contributed by atoms with van der Waals surface area (Å²) in [6.45, 7) is 3.30. The number of hydrazine groups is 1. The first-order valence-electron chi connectivity index (χ1n) is 5.51. The van der Waals surface area contributed by atoms with E-state index in [0.717, 1.165) is 31.2 Å². The maximum Gasteiger partial charge on any atom is 0.269 e. The third kappa shape index (κ3) is 1.44. The Morgan fingerprint density at radius 3 is 2.50 bits per heavy atom. The molecule has 84 valence electrons. The first kappa shape index (κ1) is 9.59. The average Bonchev–Trinajstić information content (AvgIpc) is 2.91.